The Bertz CT molecular complexity index is 1300. The van der Waals surface area contributed by atoms with Gasteiger partial charge < -0.3 is 30.7 Å². The summed E-state index contributed by atoms with van der Waals surface area (Å²) in [6, 6.07) is 3.09. The van der Waals surface area contributed by atoms with Crippen molar-refractivity contribution >= 4 is 35.2 Å². The average molecular weight is 540 g/mol. The summed E-state index contributed by atoms with van der Waals surface area (Å²) in [5.41, 5.74) is 2.15. The van der Waals surface area contributed by atoms with Crippen LogP contribution in [0.5, 0.6) is 5.88 Å². The number of hydrogen-bond donors (Lipinski definition) is 4. The van der Waals surface area contributed by atoms with Gasteiger partial charge >= 0.3 is 6.09 Å². The molecule has 4 heterocycles. The highest BCUT2D eigenvalue weighted by Crippen LogP contribution is 2.32. The molecule has 12 nitrogen and oxygen atoms in total. The lowest BCUT2D eigenvalue weighted by molar-refractivity contribution is -0.119. The summed E-state index contributed by atoms with van der Waals surface area (Å²) in [6.07, 6.45) is 4.29. The van der Waals surface area contributed by atoms with Gasteiger partial charge in [-0.3, -0.25) is 14.5 Å². The number of nitrogens with one attached hydrogen (secondary N) is 4. The molecular formula is C26H30FN7O5. The molecule has 3 atom stereocenters. The van der Waals surface area contributed by atoms with Crippen LogP contribution in [0.3, 0.4) is 0 Å². The fourth-order valence-electron chi connectivity index (χ4n) is 5.55. The van der Waals surface area contributed by atoms with Gasteiger partial charge in [0.05, 0.1) is 18.8 Å². The van der Waals surface area contributed by atoms with Gasteiger partial charge in [0.1, 0.15) is 11.9 Å². The molecule has 39 heavy (non-hydrogen) atoms. The Morgan fingerprint density at radius 2 is 2.15 bits per heavy atom. The molecule has 0 saturated carbocycles. The quantitative estimate of drug-likeness (QED) is 0.365. The Hall–Kier alpha value is -3.84. The maximum Gasteiger partial charge on any atom is 0.415 e. The van der Waals surface area contributed by atoms with Crippen LogP contribution in [0.25, 0.3) is 0 Å². The number of cyclic esters (lactones) is 1. The van der Waals surface area contributed by atoms with Gasteiger partial charge in [-0.15, -0.1) is 0 Å². The number of amides is 3. The normalized spacial score (nSPS) is 23.6. The van der Waals surface area contributed by atoms with E-state index in [1.807, 2.05) is 6.07 Å². The predicted octanol–water partition coefficient (Wildman–Crippen LogP) is 1.36. The number of carbonyl (C=O) groups is 3. The zero-order valence-corrected chi connectivity index (χ0v) is 21.3. The minimum absolute atomic E-state index is 0.117. The van der Waals surface area contributed by atoms with E-state index in [1.165, 1.54) is 17.2 Å². The van der Waals surface area contributed by atoms with Crippen LogP contribution < -0.4 is 30.9 Å². The van der Waals surface area contributed by atoms with Crippen LogP contribution in [0, 0.1) is 11.7 Å². The van der Waals surface area contributed by atoms with Gasteiger partial charge in [-0.25, -0.2) is 19.2 Å². The van der Waals surface area contributed by atoms with Gasteiger partial charge in [0, 0.05) is 5.69 Å². The molecule has 1 aromatic heterocycles. The average Bonchev–Trinajstić information content (AvgIpc) is 3.66. The summed E-state index contributed by atoms with van der Waals surface area (Å²) >= 11 is 0. The molecule has 13 heteroatoms. The third-order valence-electron chi connectivity index (χ3n) is 7.48. The second kappa shape index (κ2) is 10.7. The van der Waals surface area contributed by atoms with Crippen molar-refractivity contribution in [3.63, 3.8) is 0 Å². The van der Waals surface area contributed by atoms with Crippen molar-refractivity contribution in [1.82, 2.24) is 20.6 Å². The monoisotopic (exact) mass is 539 g/mol. The molecule has 1 aliphatic carbocycles. The zero-order valence-electron chi connectivity index (χ0n) is 21.3. The molecule has 2 aromatic rings. The fourth-order valence-corrected chi connectivity index (χ4v) is 5.55. The summed E-state index contributed by atoms with van der Waals surface area (Å²) in [7, 11) is 0. The van der Waals surface area contributed by atoms with Crippen molar-refractivity contribution in [3.8, 4) is 5.88 Å². The van der Waals surface area contributed by atoms with Crippen molar-refractivity contribution in [1.29, 1.82) is 0 Å². The third kappa shape index (κ3) is 5.50. The van der Waals surface area contributed by atoms with Crippen molar-refractivity contribution in [2.75, 3.05) is 48.3 Å². The molecule has 4 aliphatic rings. The molecule has 3 aliphatic heterocycles. The van der Waals surface area contributed by atoms with E-state index in [2.05, 4.69) is 31.2 Å². The first-order chi connectivity index (χ1) is 18.9. The predicted molar refractivity (Wildman–Crippen MR) is 138 cm³/mol. The van der Waals surface area contributed by atoms with Gasteiger partial charge in [0.15, 0.2) is 18.2 Å². The number of nitrogens with zero attached hydrogens (tertiary/aromatic N) is 3. The number of fused-ring (bicyclic) bond motifs is 2. The van der Waals surface area contributed by atoms with Gasteiger partial charge in [-0.1, -0.05) is 0 Å². The first-order valence-electron chi connectivity index (χ1n) is 13.3. The molecule has 3 amide bonds. The van der Waals surface area contributed by atoms with Gasteiger partial charge in [0.2, 0.25) is 5.91 Å². The van der Waals surface area contributed by atoms with Gasteiger partial charge in [-0.05, 0) is 80.9 Å². The summed E-state index contributed by atoms with van der Waals surface area (Å²) in [6.45, 7) is 2.33. The topological polar surface area (TPSA) is 147 Å². The van der Waals surface area contributed by atoms with Crippen LogP contribution in [-0.2, 0) is 27.2 Å². The van der Waals surface area contributed by atoms with Crippen LogP contribution in [0.15, 0.2) is 18.3 Å². The third-order valence-corrected chi connectivity index (χ3v) is 7.48. The van der Waals surface area contributed by atoms with Crippen LogP contribution in [0.4, 0.5) is 26.5 Å². The molecule has 2 saturated heterocycles. The van der Waals surface area contributed by atoms with E-state index in [-0.39, 0.29) is 59.8 Å². The Labute approximate surface area is 224 Å². The second-order valence-corrected chi connectivity index (χ2v) is 10.3. The van der Waals surface area contributed by atoms with Crippen LogP contribution in [-0.4, -0.2) is 72.8 Å². The maximum absolute atomic E-state index is 14.8. The second-order valence-electron chi connectivity index (χ2n) is 10.3. The smallest absolute Gasteiger partial charge is 0.415 e. The lowest BCUT2D eigenvalue weighted by Gasteiger charge is -2.18. The minimum atomic E-state index is -0.523. The number of carbonyl (C=O) groups excluding carboxylic acids is 3. The molecule has 0 spiro atoms. The van der Waals surface area contributed by atoms with E-state index in [0.717, 1.165) is 31.4 Å². The lowest BCUT2D eigenvalue weighted by atomic mass is 10.1. The van der Waals surface area contributed by atoms with E-state index >= 15 is 0 Å². The molecule has 0 bridgehead atoms. The molecule has 2 fully saturated rings. The van der Waals surface area contributed by atoms with Gasteiger partial charge in [-0.2, -0.15) is 0 Å². The maximum atomic E-state index is 14.8. The molecule has 1 aromatic carbocycles. The SMILES string of the molecule is O=C1COc2ncc(N3CC(CCNCC4Cc5cc(NC(=O)[C@@H]6CCCN6)cc(F)c5C4)OC3=O)nc2N1. The van der Waals surface area contributed by atoms with Crippen LogP contribution >= 0.6 is 0 Å². The number of benzene rings is 1. The molecule has 4 N–H and O–H groups in total. The van der Waals surface area contributed by atoms with E-state index in [9.17, 15) is 18.8 Å². The van der Waals surface area contributed by atoms with Crippen LogP contribution in [0.2, 0.25) is 0 Å². The molecular weight excluding hydrogens is 509 g/mol. The highest BCUT2D eigenvalue weighted by atomic mass is 19.1. The van der Waals surface area contributed by atoms with Crippen molar-refractivity contribution in [2.45, 2.75) is 44.2 Å². The summed E-state index contributed by atoms with van der Waals surface area (Å²) in [4.78, 5) is 46.1. The first kappa shape index (κ1) is 25.4. The Morgan fingerprint density at radius 1 is 1.26 bits per heavy atom. The molecule has 6 rings (SSSR count). The van der Waals surface area contributed by atoms with Crippen molar-refractivity contribution < 1.29 is 28.2 Å². The number of hydrogen-bond acceptors (Lipinski definition) is 9. The minimum Gasteiger partial charge on any atom is -0.465 e. The highest BCUT2D eigenvalue weighted by molar-refractivity contribution is 5.95. The molecule has 2 unspecified atom stereocenters. The number of halogens is 1. The standard InChI is InChI=1S/C26H30FN7O5/c27-19-9-16(31-24(36)20-2-1-4-29-20)8-15-6-14(7-18(15)19)10-28-5-3-17-12-34(26(37)39-17)21-11-30-25-23(32-21)33-22(35)13-38-25/h8-9,11,14,17,20,28-29H,1-7,10,12-13H2,(H,31,36)(H,32,33,35)/t14?,17?,20-/m0/s1. The summed E-state index contributed by atoms with van der Waals surface area (Å²) in [5.74, 6) is 0.175. The van der Waals surface area contributed by atoms with Crippen LogP contribution in [0.1, 0.15) is 30.4 Å². The number of ether oxygens (including phenoxy) is 2. The van der Waals surface area contributed by atoms with Crippen molar-refractivity contribution in [3.05, 3.63) is 35.3 Å². The largest absolute Gasteiger partial charge is 0.465 e. The Morgan fingerprint density at radius 3 is 3.00 bits per heavy atom. The number of rotatable bonds is 8. The van der Waals surface area contributed by atoms with E-state index in [1.54, 1.807) is 0 Å². The first-order valence-corrected chi connectivity index (χ1v) is 13.3. The van der Waals surface area contributed by atoms with Gasteiger partial charge in [0.25, 0.3) is 11.8 Å². The van der Waals surface area contributed by atoms with E-state index in [0.29, 0.717) is 43.7 Å². The Balaban J connectivity index is 0.964. The van der Waals surface area contributed by atoms with E-state index in [4.69, 9.17) is 9.47 Å². The summed E-state index contributed by atoms with van der Waals surface area (Å²) in [5, 5.41) is 12.0. The van der Waals surface area contributed by atoms with E-state index < -0.39 is 6.09 Å². The number of anilines is 3. The number of aromatic nitrogens is 2. The molecule has 206 valence electrons. The fraction of sp³-hybridized carbons (Fsp3) is 0.500. The lowest BCUT2D eigenvalue weighted by Crippen LogP contribution is -2.35. The zero-order chi connectivity index (χ0) is 26.9. The molecule has 0 radical (unpaired) electrons. The highest BCUT2D eigenvalue weighted by Gasteiger charge is 2.34. The van der Waals surface area contributed by atoms with Crippen molar-refractivity contribution in [2.24, 2.45) is 5.92 Å². The summed E-state index contributed by atoms with van der Waals surface area (Å²) < 4.78 is 25.5. The Kier molecular flexibility index (Phi) is 7.00.